The van der Waals surface area contributed by atoms with E-state index in [1.165, 1.54) is 0 Å². The summed E-state index contributed by atoms with van der Waals surface area (Å²) in [6, 6.07) is 0. The Morgan fingerprint density at radius 1 is 0.919 bits per heavy atom. The fourth-order valence-corrected chi connectivity index (χ4v) is 3.65. The summed E-state index contributed by atoms with van der Waals surface area (Å²) < 4.78 is 5.95. The quantitative estimate of drug-likeness (QED) is 0.203. The van der Waals surface area contributed by atoms with Crippen molar-refractivity contribution in [3.05, 3.63) is 0 Å². The van der Waals surface area contributed by atoms with Gasteiger partial charge < -0.3 is 30.4 Å². The lowest BCUT2D eigenvalue weighted by Gasteiger charge is -2.35. The summed E-state index contributed by atoms with van der Waals surface area (Å²) in [5.74, 6) is 0.666. The summed E-state index contributed by atoms with van der Waals surface area (Å²) in [5, 5.41) is 20.3. The molecule has 37 heavy (non-hydrogen) atoms. The molecule has 7 nitrogen and oxygen atoms in total. The minimum absolute atomic E-state index is 0.00492. The molecule has 0 aromatic rings. The van der Waals surface area contributed by atoms with E-state index in [0.717, 1.165) is 46.3 Å². The number of likely N-dealkylation sites (N-methyl/N-ethyl adjacent to an activating group) is 1. The van der Waals surface area contributed by atoms with E-state index in [1.807, 2.05) is 34.7 Å². The lowest BCUT2D eigenvalue weighted by molar-refractivity contribution is -0.125. The summed E-state index contributed by atoms with van der Waals surface area (Å²) in [5.41, 5.74) is -0.178. The molecule has 0 radical (unpaired) electrons. The third kappa shape index (κ3) is 35.0. The van der Waals surface area contributed by atoms with Crippen LogP contribution in [0.2, 0.25) is 0 Å². The van der Waals surface area contributed by atoms with Crippen LogP contribution in [0.5, 0.6) is 0 Å². The second kappa shape index (κ2) is 25.3. The Balaban J connectivity index is -0.000000240. The molecule has 0 aliphatic heterocycles. The fourth-order valence-electron chi connectivity index (χ4n) is 3.65. The maximum atomic E-state index is 12.5. The summed E-state index contributed by atoms with van der Waals surface area (Å²) in [4.78, 5) is 22.2. The first kappa shape index (κ1) is 45.9. The SMILES string of the molecule is CC.CC(C)CC=O.CCC(C)(C)CC(C)(C)CC(=O)NC(C)(C)CCOC(C)(C)CNC.CO.CO. The Labute approximate surface area is 231 Å². The Kier molecular flexibility index (Phi) is 31.3. The zero-order valence-electron chi connectivity index (χ0n) is 27.7. The lowest BCUT2D eigenvalue weighted by atomic mass is 9.72. The third-order valence-corrected chi connectivity index (χ3v) is 5.42. The maximum absolute atomic E-state index is 12.5. The van der Waals surface area contributed by atoms with Gasteiger partial charge in [-0.1, -0.05) is 68.7 Å². The predicted octanol–water partition coefficient (Wildman–Crippen LogP) is 6.00. The van der Waals surface area contributed by atoms with Gasteiger partial charge in [0.2, 0.25) is 5.91 Å². The standard InChI is InChI=1S/C21H44N2O2.C5H10O.C2H6.2CH4O/c1-11-18(2,3)15-19(4,5)14-17(24)23-20(6,7)12-13-25-21(8,9)16-22-10;1-5(2)3-4-6;3*1-2/h22H,11-16H2,1-10H3,(H,23,24);4-5H,3H2,1-2H3;1-2H3;2*2H,1H3. The molecular weight excluding hydrogens is 468 g/mol. The average Bonchev–Trinajstić information content (AvgIpc) is 2.76. The number of aldehydes is 1. The van der Waals surface area contributed by atoms with Gasteiger partial charge >= 0.3 is 0 Å². The zero-order valence-corrected chi connectivity index (χ0v) is 27.7. The molecule has 0 fully saturated rings. The maximum Gasteiger partial charge on any atom is 0.220 e. The molecular formula is C30H68N2O5. The second-order valence-corrected chi connectivity index (χ2v) is 12.2. The van der Waals surface area contributed by atoms with Crippen molar-refractivity contribution in [2.75, 3.05) is 34.4 Å². The predicted molar refractivity (Wildman–Crippen MR) is 161 cm³/mol. The van der Waals surface area contributed by atoms with E-state index in [1.54, 1.807) is 0 Å². The molecule has 1 amide bonds. The molecule has 0 saturated heterocycles. The van der Waals surface area contributed by atoms with Crippen molar-refractivity contribution in [2.24, 2.45) is 16.7 Å². The van der Waals surface area contributed by atoms with Crippen molar-refractivity contribution in [1.29, 1.82) is 0 Å². The first-order valence-corrected chi connectivity index (χ1v) is 13.8. The first-order valence-electron chi connectivity index (χ1n) is 13.8. The molecule has 0 spiro atoms. The van der Waals surface area contributed by atoms with E-state index < -0.39 is 0 Å². The molecule has 0 heterocycles. The van der Waals surface area contributed by atoms with Gasteiger partial charge in [-0.15, -0.1) is 0 Å². The summed E-state index contributed by atoms with van der Waals surface area (Å²) >= 11 is 0. The number of nitrogens with one attached hydrogen (secondary N) is 2. The third-order valence-electron chi connectivity index (χ3n) is 5.42. The van der Waals surface area contributed by atoms with Gasteiger partial charge in [0, 0.05) is 45.8 Å². The van der Waals surface area contributed by atoms with Gasteiger partial charge in [-0.05, 0) is 64.3 Å². The van der Waals surface area contributed by atoms with Crippen LogP contribution in [0, 0.1) is 16.7 Å². The van der Waals surface area contributed by atoms with Crippen LogP contribution in [0.3, 0.4) is 0 Å². The minimum atomic E-state index is -0.261. The Morgan fingerprint density at radius 3 is 1.70 bits per heavy atom. The van der Waals surface area contributed by atoms with Crippen LogP contribution in [0.25, 0.3) is 0 Å². The number of carbonyl (C=O) groups is 2. The number of hydrogen-bond donors (Lipinski definition) is 4. The second-order valence-electron chi connectivity index (χ2n) is 12.2. The van der Waals surface area contributed by atoms with Gasteiger partial charge in [0.15, 0.2) is 0 Å². The molecule has 0 aromatic carbocycles. The van der Waals surface area contributed by atoms with Gasteiger partial charge in [0.05, 0.1) is 5.60 Å². The normalized spacial score (nSPS) is 11.3. The lowest BCUT2D eigenvalue weighted by Crippen LogP contribution is -2.46. The number of aliphatic hydroxyl groups is 2. The Morgan fingerprint density at radius 2 is 1.38 bits per heavy atom. The zero-order chi connectivity index (χ0) is 30.9. The van der Waals surface area contributed by atoms with Gasteiger partial charge in [-0.25, -0.2) is 0 Å². The van der Waals surface area contributed by atoms with Crippen LogP contribution in [-0.4, -0.2) is 68.0 Å². The van der Waals surface area contributed by atoms with Crippen LogP contribution < -0.4 is 10.6 Å². The number of carbonyl (C=O) groups excluding carboxylic acids is 2. The highest BCUT2D eigenvalue weighted by Gasteiger charge is 2.31. The van der Waals surface area contributed by atoms with Crippen LogP contribution in [-0.2, 0) is 14.3 Å². The topological polar surface area (TPSA) is 108 Å². The van der Waals surface area contributed by atoms with Crippen molar-refractivity contribution >= 4 is 12.2 Å². The van der Waals surface area contributed by atoms with E-state index in [-0.39, 0.29) is 27.9 Å². The summed E-state index contributed by atoms with van der Waals surface area (Å²) in [6.45, 7) is 28.9. The first-order chi connectivity index (χ1) is 16.9. The molecule has 4 N–H and O–H groups in total. The van der Waals surface area contributed by atoms with Crippen molar-refractivity contribution < 1.29 is 24.5 Å². The van der Waals surface area contributed by atoms with E-state index in [0.29, 0.717) is 25.4 Å². The van der Waals surface area contributed by atoms with Crippen LogP contribution in [0.4, 0.5) is 0 Å². The molecule has 0 bridgehead atoms. The molecule has 0 saturated carbocycles. The van der Waals surface area contributed by atoms with Gasteiger partial charge in [0.25, 0.3) is 0 Å². The van der Waals surface area contributed by atoms with Gasteiger partial charge in [-0.2, -0.15) is 0 Å². The van der Waals surface area contributed by atoms with Gasteiger partial charge in [0.1, 0.15) is 6.29 Å². The summed E-state index contributed by atoms with van der Waals surface area (Å²) in [6.07, 6.45) is 5.18. The van der Waals surface area contributed by atoms with Crippen LogP contribution in [0.15, 0.2) is 0 Å². The number of aliphatic hydroxyl groups excluding tert-OH is 2. The van der Waals surface area contributed by atoms with Crippen molar-refractivity contribution in [2.45, 2.75) is 133 Å². The Bertz CT molecular complexity index is 516. The highest BCUT2D eigenvalue weighted by atomic mass is 16.5. The summed E-state index contributed by atoms with van der Waals surface area (Å²) in [7, 11) is 3.93. The number of ether oxygens (including phenoxy) is 1. The molecule has 228 valence electrons. The van der Waals surface area contributed by atoms with Crippen molar-refractivity contribution in [3.8, 4) is 0 Å². The largest absolute Gasteiger partial charge is 0.400 e. The highest BCUT2D eigenvalue weighted by molar-refractivity contribution is 5.77. The number of rotatable bonds is 14. The molecule has 0 aliphatic rings. The number of amides is 1. The van der Waals surface area contributed by atoms with Crippen molar-refractivity contribution in [1.82, 2.24) is 10.6 Å². The minimum Gasteiger partial charge on any atom is -0.400 e. The smallest absolute Gasteiger partial charge is 0.220 e. The van der Waals surface area contributed by atoms with Crippen molar-refractivity contribution in [3.63, 3.8) is 0 Å². The van der Waals surface area contributed by atoms with Crippen LogP contribution >= 0.6 is 0 Å². The van der Waals surface area contributed by atoms with E-state index in [4.69, 9.17) is 14.9 Å². The highest BCUT2D eigenvalue weighted by Crippen LogP contribution is 2.38. The molecule has 0 rings (SSSR count). The van der Waals surface area contributed by atoms with Gasteiger partial charge in [-0.3, -0.25) is 4.79 Å². The molecule has 0 aromatic heterocycles. The molecule has 7 heteroatoms. The fraction of sp³-hybridized carbons (Fsp3) is 0.933. The average molecular weight is 537 g/mol. The van der Waals surface area contributed by atoms with E-state index in [9.17, 15) is 9.59 Å². The monoisotopic (exact) mass is 537 g/mol. The molecule has 0 atom stereocenters. The van der Waals surface area contributed by atoms with Crippen LogP contribution in [0.1, 0.15) is 122 Å². The number of hydrogen-bond acceptors (Lipinski definition) is 6. The van der Waals surface area contributed by atoms with E-state index in [2.05, 4.69) is 72.9 Å². The molecule has 0 unspecified atom stereocenters. The molecule has 0 aliphatic carbocycles. The Hall–Kier alpha value is -1.02. The van der Waals surface area contributed by atoms with E-state index >= 15 is 0 Å².